The fourth-order valence-electron chi connectivity index (χ4n) is 11.5. The van der Waals surface area contributed by atoms with Gasteiger partial charge in [-0.1, -0.05) is 359 Å². The molecule has 0 fully saturated rings. The van der Waals surface area contributed by atoms with Crippen molar-refractivity contribution >= 4 is 11.9 Å². The highest BCUT2D eigenvalue weighted by Gasteiger charge is 2.18. The molecule has 0 saturated heterocycles. The van der Waals surface area contributed by atoms with Gasteiger partial charge in [-0.15, -0.1) is 0 Å². The van der Waals surface area contributed by atoms with Gasteiger partial charge in [-0.05, 0) is 57.8 Å². The Morgan fingerprint density at radius 3 is 0.899 bits per heavy atom. The largest absolute Gasteiger partial charge is 0.466 e. The van der Waals surface area contributed by atoms with E-state index in [2.05, 4.69) is 31.3 Å². The van der Waals surface area contributed by atoms with Crippen LogP contribution in [-0.2, 0) is 14.3 Å². The number of aliphatic hydroxyl groups excluding tert-OH is 2. The fraction of sp³-hybridized carbons (Fsp3) is 0.918. The predicted molar refractivity (Wildman–Crippen MR) is 347 cm³/mol. The van der Waals surface area contributed by atoms with Crippen molar-refractivity contribution in [3.05, 3.63) is 24.3 Å². The van der Waals surface area contributed by atoms with Gasteiger partial charge in [0, 0.05) is 12.8 Å². The third-order valence-corrected chi connectivity index (χ3v) is 17.0. The first-order chi connectivity index (χ1) is 39.0. The maximum Gasteiger partial charge on any atom is 0.305 e. The molecule has 79 heavy (non-hydrogen) atoms. The zero-order valence-corrected chi connectivity index (χ0v) is 53.6. The average molecular weight is 1110 g/mol. The monoisotopic (exact) mass is 1110 g/mol. The van der Waals surface area contributed by atoms with E-state index in [1.165, 1.54) is 340 Å². The second-order valence-electron chi connectivity index (χ2n) is 24.9. The zero-order valence-electron chi connectivity index (χ0n) is 53.6. The smallest absolute Gasteiger partial charge is 0.305 e. The Balaban J connectivity index is 3.38. The molecule has 0 radical (unpaired) electrons. The van der Waals surface area contributed by atoms with Crippen LogP contribution in [0.25, 0.3) is 0 Å². The number of hydrogen-bond donors (Lipinski definition) is 3. The quantitative estimate of drug-likeness (QED) is 0.0320. The van der Waals surface area contributed by atoms with Crippen LogP contribution in [0.2, 0.25) is 0 Å². The molecule has 6 heteroatoms. The van der Waals surface area contributed by atoms with Crippen LogP contribution in [0.1, 0.15) is 406 Å². The van der Waals surface area contributed by atoms with Crippen LogP contribution in [0.5, 0.6) is 0 Å². The van der Waals surface area contributed by atoms with Gasteiger partial charge in [0.2, 0.25) is 5.91 Å². The van der Waals surface area contributed by atoms with Crippen LogP contribution in [-0.4, -0.2) is 47.4 Å². The number of amides is 1. The summed E-state index contributed by atoms with van der Waals surface area (Å²) in [6.45, 7) is 4.95. The number of rotatable bonds is 68. The third kappa shape index (κ3) is 65.4. The van der Waals surface area contributed by atoms with E-state index in [1.807, 2.05) is 6.08 Å². The Morgan fingerprint density at radius 1 is 0.342 bits per heavy atom. The second kappa shape index (κ2) is 68.8. The maximum atomic E-state index is 12.5. The van der Waals surface area contributed by atoms with Gasteiger partial charge >= 0.3 is 5.97 Å². The van der Waals surface area contributed by atoms with Gasteiger partial charge in [0.1, 0.15) is 0 Å². The van der Waals surface area contributed by atoms with Crippen LogP contribution in [0.15, 0.2) is 24.3 Å². The van der Waals surface area contributed by atoms with Crippen LogP contribution in [0.4, 0.5) is 0 Å². The van der Waals surface area contributed by atoms with Crippen molar-refractivity contribution in [2.24, 2.45) is 0 Å². The molecule has 2 unspecified atom stereocenters. The maximum absolute atomic E-state index is 12.5. The lowest BCUT2D eigenvalue weighted by Gasteiger charge is -2.20. The molecule has 0 aliphatic carbocycles. The predicted octanol–water partition coefficient (Wildman–Crippen LogP) is 23.3. The van der Waals surface area contributed by atoms with E-state index in [4.69, 9.17) is 4.74 Å². The Morgan fingerprint density at radius 2 is 0.595 bits per heavy atom. The van der Waals surface area contributed by atoms with Crippen LogP contribution in [0, 0.1) is 0 Å². The Labute approximate surface area is 494 Å². The summed E-state index contributed by atoms with van der Waals surface area (Å²) < 4.78 is 5.51. The van der Waals surface area contributed by atoms with Crippen molar-refractivity contribution in [2.75, 3.05) is 13.2 Å². The van der Waals surface area contributed by atoms with Crippen LogP contribution < -0.4 is 5.32 Å². The van der Waals surface area contributed by atoms with Gasteiger partial charge in [-0.3, -0.25) is 9.59 Å². The van der Waals surface area contributed by atoms with E-state index in [1.54, 1.807) is 6.08 Å². The van der Waals surface area contributed by atoms with Gasteiger partial charge < -0.3 is 20.3 Å². The van der Waals surface area contributed by atoms with E-state index >= 15 is 0 Å². The molecule has 0 spiro atoms. The molecule has 0 saturated carbocycles. The Kier molecular flexibility index (Phi) is 67.4. The number of hydrogen-bond acceptors (Lipinski definition) is 5. The SMILES string of the molecule is CCCCCCCCCCCCCCCCC/C=C/C(O)C(CO)NC(=O)CCCCCCCCCCCCCC/C=C\CCCCCCCCCCCCCCOC(=O)CCCCCCCCCCCCCCCCCCC. The molecule has 0 aliphatic rings. The summed E-state index contributed by atoms with van der Waals surface area (Å²) in [5.41, 5.74) is 0. The Bertz CT molecular complexity index is 1230. The number of aliphatic hydroxyl groups is 2. The summed E-state index contributed by atoms with van der Waals surface area (Å²) in [6.07, 6.45) is 86.9. The number of allylic oxidation sites excluding steroid dienone is 3. The van der Waals surface area contributed by atoms with E-state index in [9.17, 15) is 19.8 Å². The van der Waals surface area contributed by atoms with Crippen molar-refractivity contribution in [3.63, 3.8) is 0 Å². The second-order valence-corrected chi connectivity index (χ2v) is 24.9. The summed E-state index contributed by atoms with van der Waals surface area (Å²) in [5, 5.41) is 23.2. The molecule has 468 valence electrons. The molecule has 3 N–H and O–H groups in total. The zero-order chi connectivity index (χ0) is 57.1. The highest BCUT2D eigenvalue weighted by Crippen LogP contribution is 2.19. The number of ether oxygens (including phenoxy) is 1. The lowest BCUT2D eigenvalue weighted by atomic mass is 10.0. The molecule has 0 bridgehead atoms. The number of carbonyl (C=O) groups excluding carboxylic acids is 2. The number of carbonyl (C=O) groups is 2. The van der Waals surface area contributed by atoms with E-state index in [0.717, 1.165) is 38.5 Å². The molecule has 0 aromatic rings. The lowest BCUT2D eigenvalue weighted by molar-refractivity contribution is -0.143. The molecule has 0 aliphatic heterocycles. The Hall–Kier alpha value is -1.66. The molecular weight excluding hydrogens is 971 g/mol. The summed E-state index contributed by atoms with van der Waals surface area (Å²) in [7, 11) is 0. The summed E-state index contributed by atoms with van der Waals surface area (Å²) in [5.74, 6) is -0.0445. The highest BCUT2D eigenvalue weighted by molar-refractivity contribution is 5.76. The first-order valence-corrected chi connectivity index (χ1v) is 36.1. The number of unbranched alkanes of at least 4 members (excludes halogenated alkanes) is 55. The minimum absolute atomic E-state index is 0.0202. The van der Waals surface area contributed by atoms with Crippen molar-refractivity contribution in [1.82, 2.24) is 5.32 Å². The summed E-state index contributed by atoms with van der Waals surface area (Å²) in [4.78, 5) is 24.6. The molecule has 1 amide bonds. The lowest BCUT2D eigenvalue weighted by Crippen LogP contribution is -2.45. The number of esters is 1. The standard InChI is InChI=1S/C73H141NO5/c1-3-5-7-9-11-13-15-17-19-33-37-41-45-49-53-57-61-65-71(76)70(69-75)74-72(77)66-62-58-54-50-46-42-38-35-31-29-27-25-23-21-22-24-26-28-30-32-36-40-44-48-52-56-60-64-68-79-73(78)67-63-59-55-51-47-43-39-34-20-18-16-14-12-10-8-6-4-2/h21-22,61,65,70-71,75-76H,3-20,23-60,62-64,66-69H2,1-2H3,(H,74,77)/b22-21-,65-61+. The topological polar surface area (TPSA) is 95.9 Å². The van der Waals surface area contributed by atoms with Gasteiger partial charge in [-0.2, -0.15) is 0 Å². The fourth-order valence-corrected chi connectivity index (χ4v) is 11.5. The van der Waals surface area contributed by atoms with E-state index < -0.39 is 12.1 Å². The highest BCUT2D eigenvalue weighted by atomic mass is 16.5. The van der Waals surface area contributed by atoms with Crippen LogP contribution >= 0.6 is 0 Å². The first kappa shape index (κ1) is 77.3. The van der Waals surface area contributed by atoms with Gasteiger partial charge in [0.25, 0.3) is 0 Å². The molecule has 2 atom stereocenters. The average Bonchev–Trinajstić information content (AvgIpc) is 3.45. The summed E-state index contributed by atoms with van der Waals surface area (Å²) in [6, 6.07) is -0.628. The molecule has 0 heterocycles. The minimum Gasteiger partial charge on any atom is -0.466 e. The van der Waals surface area contributed by atoms with Gasteiger partial charge in [0.05, 0.1) is 25.4 Å². The minimum atomic E-state index is -0.844. The van der Waals surface area contributed by atoms with Gasteiger partial charge in [0.15, 0.2) is 0 Å². The molecule has 6 nitrogen and oxygen atoms in total. The van der Waals surface area contributed by atoms with Crippen molar-refractivity contribution in [3.8, 4) is 0 Å². The van der Waals surface area contributed by atoms with Crippen molar-refractivity contribution in [1.29, 1.82) is 0 Å². The van der Waals surface area contributed by atoms with Gasteiger partial charge in [-0.25, -0.2) is 0 Å². The van der Waals surface area contributed by atoms with E-state index in [-0.39, 0.29) is 18.5 Å². The van der Waals surface area contributed by atoms with Crippen LogP contribution in [0.3, 0.4) is 0 Å². The van der Waals surface area contributed by atoms with Crippen molar-refractivity contribution in [2.45, 2.75) is 418 Å². The van der Waals surface area contributed by atoms with E-state index in [0.29, 0.717) is 19.4 Å². The number of nitrogens with one attached hydrogen (secondary N) is 1. The molecule has 0 aromatic heterocycles. The molecule has 0 rings (SSSR count). The van der Waals surface area contributed by atoms with Crippen molar-refractivity contribution < 1.29 is 24.5 Å². The molecule has 0 aromatic carbocycles. The third-order valence-electron chi connectivity index (χ3n) is 17.0. The normalized spacial score (nSPS) is 12.6. The molecular formula is C73H141NO5. The summed E-state index contributed by atoms with van der Waals surface area (Å²) >= 11 is 0. The first-order valence-electron chi connectivity index (χ1n) is 36.1.